The minimum Gasteiger partial charge on any atom is -0.478 e. The van der Waals surface area contributed by atoms with Crippen molar-refractivity contribution in [3.63, 3.8) is 0 Å². The fourth-order valence-corrected chi connectivity index (χ4v) is 2.99. The molecule has 2 N–H and O–H groups in total. The number of amides is 1. The number of hydrogen-bond acceptors (Lipinski definition) is 4. The third-order valence-corrected chi connectivity index (χ3v) is 4.32. The molecule has 1 amide bonds. The van der Waals surface area contributed by atoms with E-state index < -0.39 is 5.97 Å². The summed E-state index contributed by atoms with van der Waals surface area (Å²) in [7, 11) is 0. The number of carboxylic acids is 1. The molecule has 0 saturated heterocycles. The molecule has 6 heteroatoms. The molecule has 0 aliphatic heterocycles. The summed E-state index contributed by atoms with van der Waals surface area (Å²) in [6.07, 6.45) is 4.47. The molecule has 0 saturated carbocycles. The summed E-state index contributed by atoms with van der Waals surface area (Å²) in [4.78, 5) is 24.4. The minimum absolute atomic E-state index is 0.206. The third-order valence-electron chi connectivity index (χ3n) is 2.63. The Balaban J connectivity index is 2.12. The Kier molecular flexibility index (Phi) is 5.19. The second-order valence-corrected chi connectivity index (χ2v) is 5.85. The average Bonchev–Trinajstić information content (AvgIpc) is 2.94. The Hall–Kier alpha value is -2.05. The quantitative estimate of drug-likeness (QED) is 0.649. The Morgan fingerprint density at radius 1 is 1.33 bits per heavy atom. The molecule has 2 rings (SSSR count). The zero-order chi connectivity index (χ0) is 15.2. The number of anilines is 1. The predicted molar refractivity (Wildman–Crippen MR) is 87.2 cm³/mol. The van der Waals surface area contributed by atoms with E-state index in [9.17, 15) is 9.59 Å². The van der Waals surface area contributed by atoms with Crippen LogP contribution in [0.3, 0.4) is 0 Å². The van der Waals surface area contributed by atoms with Crippen LogP contribution in [0.25, 0.3) is 6.08 Å². The molecular weight excluding hydrogens is 306 g/mol. The summed E-state index contributed by atoms with van der Waals surface area (Å²) in [5, 5.41) is 13.1. The van der Waals surface area contributed by atoms with Gasteiger partial charge in [0.2, 0.25) is 0 Å². The Labute approximate surface area is 130 Å². The van der Waals surface area contributed by atoms with Crippen molar-refractivity contribution in [2.45, 2.75) is 4.90 Å². The lowest BCUT2D eigenvalue weighted by atomic mass is 10.2. The zero-order valence-corrected chi connectivity index (χ0v) is 12.8. The molecule has 1 aromatic heterocycles. The highest BCUT2D eigenvalue weighted by Gasteiger charge is 2.10. The van der Waals surface area contributed by atoms with Crippen molar-refractivity contribution >= 4 is 46.7 Å². The first-order chi connectivity index (χ1) is 10.1. The van der Waals surface area contributed by atoms with E-state index in [0.29, 0.717) is 5.56 Å². The molecule has 0 bridgehead atoms. The number of carbonyl (C=O) groups is 2. The van der Waals surface area contributed by atoms with Crippen molar-refractivity contribution in [3.05, 3.63) is 52.2 Å². The molecule has 0 radical (unpaired) electrons. The fraction of sp³-hybridized carbons (Fsp3) is 0.0667. The van der Waals surface area contributed by atoms with Crippen LogP contribution in [-0.4, -0.2) is 23.2 Å². The van der Waals surface area contributed by atoms with Gasteiger partial charge in [0.25, 0.3) is 5.91 Å². The van der Waals surface area contributed by atoms with Crippen LogP contribution in [0.5, 0.6) is 0 Å². The Morgan fingerprint density at radius 2 is 2.10 bits per heavy atom. The van der Waals surface area contributed by atoms with E-state index in [-0.39, 0.29) is 5.91 Å². The van der Waals surface area contributed by atoms with Crippen LogP contribution in [0.15, 0.2) is 46.7 Å². The minimum atomic E-state index is -1.01. The van der Waals surface area contributed by atoms with E-state index in [1.165, 1.54) is 17.4 Å². The summed E-state index contributed by atoms with van der Waals surface area (Å²) in [6.45, 7) is 0. The van der Waals surface area contributed by atoms with Crippen LogP contribution < -0.4 is 5.32 Å². The molecule has 2 aromatic rings. The van der Waals surface area contributed by atoms with Gasteiger partial charge in [-0.1, -0.05) is 12.1 Å². The van der Waals surface area contributed by atoms with E-state index in [2.05, 4.69) is 5.32 Å². The first-order valence-corrected chi connectivity index (χ1v) is 8.14. The highest BCUT2D eigenvalue weighted by atomic mass is 32.2. The summed E-state index contributed by atoms with van der Waals surface area (Å²) in [5.74, 6) is -1.22. The average molecular weight is 319 g/mol. The normalized spacial score (nSPS) is 10.7. The number of nitrogens with one attached hydrogen (secondary N) is 1. The second kappa shape index (κ2) is 7.10. The fourth-order valence-electron chi connectivity index (χ4n) is 1.66. The van der Waals surface area contributed by atoms with Gasteiger partial charge in [-0.2, -0.15) is 0 Å². The first kappa shape index (κ1) is 15.3. The molecule has 108 valence electrons. The zero-order valence-electron chi connectivity index (χ0n) is 11.2. The van der Waals surface area contributed by atoms with Crippen LogP contribution in [0.4, 0.5) is 5.69 Å². The topological polar surface area (TPSA) is 66.4 Å². The lowest BCUT2D eigenvalue weighted by molar-refractivity contribution is -0.131. The van der Waals surface area contributed by atoms with Crippen molar-refractivity contribution in [2.75, 3.05) is 11.6 Å². The molecule has 1 aromatic carbocycles. The number of carbonyl (C=O) groups excluding carboxylic acids is 1. The molecule has 0 atom stereocenters. The van der Waals surface area contributed by atoms with E-state index in [1.54, 1.807) is 23.2 Å². The van der Waals surface area contributed by atoms with Crippen molar-refractivity contribution in [2.24, 2.45) is 0 Å². The van der Waals surface area contributed by atoms with Crippen LogP contribution >= 0.6 is 23.1 Å². The molecule has 1 heterocycles. The maximum Gasteiger partial charge on any atom is 0.328 e. The smallest absolute Gasteiger partial charge is 0.328 e. The van der Waals surface area contributed by atoms with Crippen LogP contribution in [0, 0.1) is 0 Å². The van der Waals surface area contributed by atoms with Gasteiger partial charge in [0.1, 0.15) is 0 Å². The van der Waals surface area contributed by atoms with Gasteiger partial charge >= 0.3 is 5.97 Å². The number of para-hydroxylation sites is 1. The number of aliphatic carboxylic acids is 1. The van der Waals surface area contributed by atoms with Crippen molar-refractivity contribution in [1.82, 2.24) is 0 Å². The summed E-state index contributed by atoms with van der Waals surface area (Å²) in [6, 6.07) is 9.24. The van der Waals surface area contributed by atoms with E-state index >= 15 is 0 Å². The largest absolute Gasteiger partial charge is 0.478 e. The van der Waals surface area contributed by atoms with Crippen molar-refractivity contribution < 1.29 is 14.7 Å². The number of hydrogen-bond donors (Lipinski definition) is 2. The highest BCUT2D eigenvalue weighted by Crippen LogP contribution is 2.25. The van der Waals surface area contributed by atoms with Crippen LogP contribution in [0.2, 0.25) is 0 Å². The molecule has 0 aliphatic carbocycles. The predicted octanol–water partition coefficient (Wildman–Crippen LogP) is 3.82. The van der Waals surface area contributed by atoms with E-state index in [1.807, 2.05) is 30.5 Å². The van der Waals surface area contributed by atoms with E-state index in [0.717, 1.165) is 21.5 Å². The number of carboxylic acid groups (broad SMARTS) is 1. The Morgan fingerprint density at radius 3 is 2.81 bits per heavy atom. The molecule has 0 spiro atoms. The van der Waals surface area contributed by atoms with Gasteiger partial charge in [-0.15, -0.1) is 23.1 Å². The number of thiophene rings is 1. The Bertz CT molecular complexity index is 692. The van der Waals surface area contributed by atoms with Gasteiger partial charge in [0.15, 0.2) is 0 Å². The standard InChI is InChI=1S/C15H13NO3S2/c1-20-13-5-3-2-4-12(13)16-15(19)10-8-11(21-9-10)6-7-14(17)18/h2-9H,1H3,(H,16,19)(H,17,18)/b7-6+. The molecule has 0 unspecified atom stereocenters. The highest BCUT2D eigenvalue weighted by molar-refractivity contribution is 7.98. The van der Waals surface area contributed by atoms with Crippen molar-refractivity contribution in [1.29, 1.82) is 0 Å². The third kappa shape index (κ3) is 4.21. The van der Waals surface area contributed by atoms with Gasteiger partial charge in [0, 0.05) is 21.2 Å². The number of rotatable bonds is 5. The molecule has 4 nitrogen and oxygen atoms in total. The van der Waals surface area contributed by atoms with Gasteiger partial charge in [-0.3, -0.25) is 4.79 Å². The van der Waals surface area contributed by atoms with E-state index in [4.69, 9.17) is 5.11 Å². The molecular formula is C15H13NO3S2. The second-order valence-electron chi connectivity index (χ2n) is 4.06. The maximum absolute atomic E-state index is 12.2. The summed E-state index contributed by atoms with van der Waals surface area (Å²) in [5.41, 5.74) is 1.28. The summed E-state index contributed by atoms with van der Waals surface area (Å²) >= 11 is 2.88. The van der Waals surface area contributed by atoms with Gasteiger partial charge in [-0.25, -0.2) is 4.79 Å². The molecule has 0 aliphatic rings. The molecule has 21 heavy (non-hydrogen) atoms. The van der Waals surface area contributed by atoms with Gasteiger partial charge < -0.3 is 10.4 Å². The maximum atomic E-state index is 12.2. The van der Waals surface area contributed by atoms with Gasteiger partial charge in [0.05, 0.1) is 11.3 Å². The van der Waals surface area contributed by atoms with Gasteiger partial charge in [-0.05, 0) is 30.5 Å². The number of thioether (sulfide) groups is 1. The van der Waals surface area contributed by atoms with Crippen LogP contribution in [0.1, 0.15) is 15.2 Å². The summed E-state index contributed by atoms with van der Waals surface area (Å²) < 4.78 is 0. The monoisotopic (exact) mass is 319 g/mol. The lowest BCUT2D eigenvalue weighted by Crippen LogP contribution is -2.11. The first-order valence-electron chi connectivity index (χ1n) is 6.04. The van der Waals surface area contributed by atoms with Crippen molar-refractivity contribution in [3.8, 4) is 0 Å². The SMILES string of the molecule is CSc1ccccc1NC(=O)c1csc(/C=C/C(=O)O)c1. The number of benzene rings is 1. The lowest BCUT2D eigenvalue weighted by Gasteiger charge is -2.07. The van der Waals surface area contributed by atoms with Crippen LogP contribution in [-0.2, 0) is 4.79 Å². The molecule has 0 fully saturated rings.